The molecule has 0 bridgehead atoms. The number of amides is 2. The highest BCUT2D eigenvalue weighted by Crippen LogP contribution is 2.32. The van der Waals surface area contributed by atoms with Gasteiger partial charge in [0.1, 0.15) is 11.6 Å². The predicted molar refractivity (Wildman–Crippen MR) is 81.5 cm³/mol. The van der Waals surface area contributed by atoms with Gasteiger partial charge in [-0.25, -0.2) is 0 Å². The van der Waals surface area contributed by atoms with Crippen LogP contribution in [-0.2, 0) is 15.1 Å². The van der Waals surface area contributed by atoms with Gasteiger partial charge in [-0.1, -0.05) is 30.3 Å². The van der Waals surface area contributed by atoms with Crippen LogP contribution < -0.4 is 5.32 Å². The van der Waals surface area contributed by atoms with Crippen LogP contribution in [0.15, 0.2) is 30.3 Å². The monoisotopic (exact) mass is 292 g/mol. The number of hydrogen-bond donors (Lipinski definition) is 1. The highest BCUT2D eigenvalue weighted by atomic mass is 32.2. The normalized spacial score (nSPS) is 26.6. The van der Waals surface area contributed by atoms with Gasteiger partial charge in [0.05, 0.1) is 0 Å². The molecule has 20 heavy (non-hydrogen) atoms. The molecule has 4 nitrogen and oxygen atoms in total. The van der Waals surface area contributed by atoms with Crippen molar-refractivity contribution in [3.8, 4) is 0 Å². The molecule has 1 fully saturated rings. The molecule has 0 aliphatic carbocycles. The lowest BCUT2D eigenvalue weighted by Gasteiger charge is -2.45. The molecule has 2 atom stereocenters. The second-order valence-corrected chi connectivity index (χ2v) is 6.10. The molecule has 2 rings (SSSR count). The number of benzene rings is 1. The number of rotatable bonds is 4. The Hall–Kier alpha value is -1.49. The van der Waals surface area contributed by atoms with Gasteiger partial charge in [-0.15, -0.1) is 0 Å². The van der Waals surface area contributed by atoms with Crippen molar-refractivity contribution in [3.63, 3.8) is 0 Å². The van der Waals surface area contributed by atoms with Crippen LogP contribution in [0.1, 0.15) is 19.4 Å². The summed E-state index contributed by atoms with van der Waals surface area (Å²) in [5.74, 6) is 0.677. The highest BCUT2D eigenvalue weighted by Gasteiger charge is 2.48. The zero-order chi connectivity index (χ0) is 14.8. The SMILES string of the molecule is CSCCN1C(=O)C(C)NC(=O)C1(C)c1ccccc1. The third-order valence-electron chi connectivity index (χ3n) is 3.82. The Morgan fingerprint density at radius 2 is 1.95 bits per heavy atom. The lowest BCUT2D eigenvalue weighted by Crippen LogP contribution is -2.67. The largest absolute Gasteiger partial charge is 0.342 e. The van der Waals surface area contributed by atoms with Gasteiger partial charge < -0.3 is 10.2 Å². The number of carbonyl (C=O) groups excluding carboxylic acids is 2. The molecule has 1 aliphatic rings. The summed E-state index contributed by atoms with van der Waals surface area (Å²) in [6.45, 7) is 4.13. The van der Waals surface area contributed by atoms with Crippen molar-refractivity contribution in [1.29, 1.82) is 0 Å². The molecule has 0 radical (unpaired) electrons. The summed E-state index contributed by atoms with van der Waals surface area (Å²) in [6, 6.07) is 9.03. The maximum absolute atomic E-state index is 12.5. The fraction of sp³-hybridized carbons (Fsp3) is 0.467. The molecule has 108 valence electrons. The summed E-state index contributed by atoms with van der Waals surface area (Å²) in [4.78, 5) is 26.7. The number of thioether (sulfide) groups is 1. The molecule has 1 aliphatic heterocycles. The van der Waals surface area contributed by atoms with Crippen LogP contribution in [0.25, 0.3) is 0 Å². The number of carbonyl (C=O) groups is 2. The summed E-state index contributed by atoms with van der Waals surface area (Å²) < 4.78 is 0. The summed E-state index contributed by atoms with van der Waals surface area (Å²) in [6.07, 6.45) is 2.00. The van der Waals surface area contributed by atoms with E-state index in [0.29, 0.717) is 6.54 Å². The summed E-state index contributed by atoms with van der Waals surface area (Å²) in [7, 11) is 0. The van der Waals surface area contributed by atoms with Crippen LogP contribution >= 0.6 is 11.8 Å². The Labute approximate surface area is 123 Å². The van der Waals surface area contributed by atoms with E-state index in [9.17, 15) is 9.59 Å². The van der Waals surface area contributed by atoms with E-state index in [2.05, 4.69) is 5.32 Å². The summed E-state index contributed by atoms with van der Waals surface area (Å²) in [5.41, 5.74) is -0.0838. The molecule has 5 heteroatoms. The van der Waals surface area contributed by atoms with E-state index in [1.807, 2.05) is 43.5 Å². The van der Waals surface area contributed by atoms with E-state index in [-0.39, 0.29) is 11.8 Å². The van der Waals surface area contributed by atoms with Crippen LogP contribution in [0.2, 0.25) is 0 Å². The van der Waals surface area contributed by atoms with E-state index in [1.165, 1.54) is 0 Å². The van der Waals surface area contributed by atoms with Gasteiger partial charge in [0.2, 0.25) is 5.91 Å². The third kappa shape index (κ3) is 2.42. The molecule has 2 unspecified atom stereocenters. The van der Waals surface area contributed by atoms with Crippen molar-refractivity contribution in [2.24, 2.45) is 0 Å². The van der Waals surface area contributed by atoms with E-state index < -0.39 is 11.6 Å². The minimum atomic E-state index is -0.930. The Morgan fingerprint density at radius 1 is 1.30 bits per heavy atom. The van der Waals surface area contributed by atoms with Crippen molar-refractivity contribution < 1.29 is 9.59 Å². The Kier molecular flexibility index (Phi) is 4.38. The molecule has 1 heterocycles. The number of nitrogens with zero attached hydrogens (tertiary/aromatic N) is 1. The number of nitrogens with one attached hydrogen (secondary N) is 1. The first-order chi connectivity index (χ1) is 9.51. The van der Waals surface area contributed by atoms with Crippen LogP contribution in [0.5, 0.6) is 0 Å². The van der Waals surface area contributed by atoms with E-state index in [4.69, 9.17) is 0 Å². The zero-order valence-electron chi connectivity index (χ0n) is 12.1. The molecule has 1 saturated heterocycles. The summed E-state index contributed by atoms with van der Waals surface area (Å²) >= 11 is 1.67. The van der Waals surface area contributed by atoms with Crippen LogP contribution in [0.4, 0.5) is 0 Å². The topological polar surface area (TPSA) is 49.4 Å². The van der Waals surface area contributed by atoms with Gasteiger partial charge in [-0.3, -0.25) is 9.59 Å². The van der Waals surface area contributed by atoms with E-state index >= 15 is 0 Å². The Bertz CT molecular complexity index is 506. The quantitative estimate of drug-likeness (QED) is 0.917. The molecular formula is C15H20N2O2S. The number of piperazine rings is 1. The fourth-order valence-corrected chi connectivity index (χ4v) is 2.91. The van der Waals surface area contributed by atoms with Gasteiger partial charge in [0, 0.05) is 12.3 Å². The Morgan fingerprint density at radius 3 is 2.55 bits per heavy atom. The molecule has 0 saturated carbocycles. The maximum atomic E-state index is 12.5. The van der Waals surface area contributed by atoms with E-state index in [1.54, 1.807) is 23.6 Å². The van der Waals surface area contributed by atoms with Gasteiger partial charge in [0.25, 0.3) is 5.91 Å². The molecule has 0 aromatic heterocycles. The summed E-state index contributed by atoms with van der Waals surface area (Å²) in [5, 5.41) is 2.79. The molecule has 2 amide bonds. The lowest BCUT2D eigenvalue weighted by atomic mass is 9.86. The van der Waals surface area contributed by atoms with Crippen molar-refractivity contribution in [2.45, 2.75) is 25.4 Å². The second kappa shape index (κ2) is 5.87. The first kappa shape index (κ1) is 14.9. The first-order valence-electron chi connectivity index (χ1n) is 6.68. The van der Waals surface area contributed by atoms with Crippen LogP contribution in [0.3, 0.4) is 0 Å². The fourth-order valence-electron chi connectivity index (χ4n) is 2.54. The minimum Gasteiger partial charge on any atom is -0.342 e. The lowest BCUT2D eigenvalue weighted by molar-refractivity contribution is -0.156. The highest BCUT2D eigenvalue weighted by molar-refractivity contribution is 7.98. The van der Waals surface area contributed by atoms with Gasteiger partial charge in [0.15, 0.2) is 0 Å². The molecule has 0 spiro atoms. The first-order valence-corrected chi connectivity index (χ1v) is 8.08. The maximum Gasteiger partial charge on any atom is 0.250 e. The second-order valence-electron chi connectivity index (χ2n) is 5.12. The predicted octanol–water partition coefficient (Wildman–Crippen LogP) is 1.61. The van der Waals surface area contributed by atoms with Gasteiger partial charge >= 0.3 is 0 Å². The average Bonchev–Trinajstić information content (AvgIpc) is 2.46. The van der Waals surface area contributed by atoms with Crippen molar-refractivity contribution in [1.82, 2.24) is 10.2 Å². The number of hydrogen-bond acceptors (Lipinski definition) is 3. The van der Waals surface area contributed by atoms with Crippen molar-refractivity contribution in [2.75, 3.05) is 18.6 Å². The minimum absolute atomic E-state index is 0.0231. The van der Waals surface area contributed by atoms with Crippen molar-refractivity contribution >= 4 is 23.6 Å². The third-order valence-corrected chi connectivity index (χ3v) is 4.41. The van der Waals surface area contributed by atoms with Crippen LogP contribution in [0, 0.1) is 0 Å². The zero-order valence-corrected chi connectivity index (χ0v) is 12.9. The molecule has 1 aromatic rings. The van der Waals surface area contributed by atoms with Gasteiger partial charge in [-0.2, -0.15) is 11.8 Å². The Balaban J connectivity index is 2.44. The van der Waals surface area contributed by atoms with E-state index in [0.717, 1.165) is 11.3 Å². The molecule has 1 aromatic carbocycles. The molecular weight excluding hydrogens is 272 g/mol. The van der Waals surface area contributed by atoms with Crippen LogP contribution in [-0.4, -0.2) is 41.3 Å². The molecule has 1 N–H and O–H groups in total. The standard InChI is InChI=1S/C15H20N2O2S/c1-11-13(18)17(9-10-20-3)15(2,14(19)16-11)12-7-5-4-6-8-12/h4-8,11H,9-10H2,1-3H3,(H,16,19). The smallest absolute Gasteiger partial charge is 0.250 e. The average molecular weight is 292 g/mol. The van der Waals surface area contributed by atoms with Crippen molar-refractivity contribution in [3.05, 3.63) is 35.9 Å². The van der Waals surface area contributed by atoms with Gasteiger partial charge in [-0.05, 0) is 25.7 Å².